The lowest BCUT2D eigenvalue weighted by Crippen LogP contribution is -2.11. The van der Waals surface area contributed by atoms with Gasteiger partial charge in [-0.15, -0.1) is 0 Å². The maximum Gasteiger partial charge on any atom is 0.258 e. The molecule has 0 atom stereocenters. The molecule has 0 bridgehead atoms. The van der Waals surface area contributed by atoms with E-state index in [-0.39, 0.29) is 5.91 Å². The average molecular weight is 345 g/mol. The van der Waals surface area contributed by atoms with Gasteiger partial charge in [0.2, 0.25) is 5.89 Å². The molecule has 3 heterocycles. The molecule has 26 heavy (non-hydrogen) atoms. The molecule has 1 N–H and O–H groups in total. The quantitative estimate of drug-likeness (QED) is 0.612. The predicted molar refractivity (Wildman–Crippen MR) is 96.0 cm³/mol. The Labute approximate surface area is 149 Å². The fourth-order valence-electron chi connectivity index (χ4n) is 2.56. The number of aromatic nitrogens is 4. The lowest BCUT2D eigenvalue weighted by Gasteiger charge is -2.07. The van der Waals surface area contributed by atoms with Gasteiger partial charge >= 0.3 is 0 Å². The highest BCUT2D eigenvalue weighted by Gasteiger charge is 2.12. The van der Waals surface area contributed by atoms with E-state index in [1.54, 1.807) is 29.5 Å². The number of pyridine rings is 1. The van der Waals surface area contributed by atoms with Crippen molar-refractivity contribution >= 4 is 11.6 Å². The average Bonchev–Trinajstić information content (AvgIpc) is 3.36. The number of benzene rings is 1. The van der Waals surface area contributed by atoms with E-state index in [2.05, 4.69) is 20.4 Å². The second-order valence-electron chi connectivity index (χ2n) is 5.71. The van der Waals surface area contributed by atoms with Crippen molar-refractivity contribution in [3.63, 3.8) is 0 Å². The van der Waals surface area contributed by atoms with Crippen LogP contribution in [0, 0.1) is 6.92 Å². The molecule has 7 heteroatoms. The molecule has 0 spiro atoms. The number of hydrogen-bond donors (Lipinski definition) is 1. The second-order valence-corrected chi connectivity index (χ2v) is 5.71. The highest BCUT2D eigenvalue weighted by molar-refractivity contribution is 6.04. The number of carbonyl (C=O) groups is 1. The van der Waals surface area contributed by atoms with Crippen molar-refractivity contribution in [2.75, 3.05) is 5.32 Å². The van der Waals surface area contributed by atoms with E-state index in [1.807, 2.05) is 37.3 Å². The molecule has 4 aromatic rings. The number of nitrogens with zero attached hydrogens (tertiary/aromatic N) is 4. The predicted octanol–water partition coefficient (Wildman–Crippen LogP) is 3.48. The summed E-state index contributed by atoms with van der Waals surface area (Å²) in [6.45, 7) is 1.96. The lowest BCUT2D eigenvalue weighted by atomic mass is 10.1. The SMILES string of the molecule is Cc1ccc(NC(=O)c2cnn(-c3cccnc3)c2)cc1-c1ncco1. The minimum absolute atomic E-state index is 0.248. The van der Waals surface area contributed by atoms with Crippen LogP contribution in [0.4, 0.5) is 5.69 Å². The summed E-state index contributed by atoms with van der Waals surface area (Å²) in [7, 11) is 0. The van der Waals surface area contributed by atoms with Gasteiger partial charge in [0.05, 0.1) is 29.8 Å². The fourth-order valence-corrected chi connectivity index (χ4v) is 2.56. The van der Waals surface area contributed by atoms with E-state index in [4.69, 9.17) is 4.42 Å². The molecule has 0 aliphatic rings. The maximum absolute atomic E-state index is 12.5. The van der Waals surface area contributed by atoms with Crippen LogP contribution < -0.4 is 5.32 Å². The molecule has 1 amide bonds. The summed E-state index contributed by atoms with van der Waals surface area (Å²) in [6, 6.07) is 9.27. The van der Waals surface area contributed by atoms with E-state index in [1.165, 1.54) is 12.5 Å². The van der Waals surface area contributed by atoms with Gasteiger partial charge < -0.3 is 9.73 Å². The van der Waals surface area contributed by atoms with Crippen LogP contribution in [0.25, 0.3) is 17.1 Å². The van der Waals surface area contributed by atoms with Crippen LogP contribution in [-0.2, 0) is 0 Å². The van der Waals surface area contributed by atoms with Gasteiger partial charge in [0.25, 0.3) is 5.91 Å². The van der Waals surface area contributed by atoms with Gasteiger partial charge in [-0.3, -0.25) is 9.78 Å². The molecule has 3 aromatic heterocycles. The summed E-state index contributed by atoms with van der Waals surface area (Å²) in [5.41, 5.74) is 3.73. The van der Waals surface area contributed by atoms with Gasteiger partial charge in [-0.25, -0.2) is 9.67 Å². The minimum Gasteiger partial charge on any atom is -0.445 e. The molecule has 0 saturated heterocycles. The Kier molecular flexibility index (Phi) is 4.03. The highest BCUT2D eigenvalue weighted by atomic mass is 16.3. The zero-order valence-corrected chi connectivity index (χ0v) is 14.0. The Balaban J connectivity index is 1.56. The number of nitrogens with one attached hydrogen (secondary N) is 1. The molecular weight excluding hydrogens is 330 g/mol. The Morgan fingerprint density at radius 3 is 2.88 bits per heavy atom. The van der Waals surface area contributed by atoms with Crippen LogP contribution in [0.2, 0.25) is 0 Å². The molecule has 128 valence electrons. The molecule has 7 nitrogen and oxygen atoms in total. The van der Waals surface area contributed by atoms with Crippen molar-refractivity contribution in [2.24, 2.45) is 0 Å². The largest absolute Gasteiger partial charge is 0.445 e. The van der Waals surface area contributed by atoms with E-state index >= 15 is 0 Å². The number of amides is 1. The van der Waals surface area contributed by atoms with Crippen LogP contribution in [0.1, 0.15) is 15.9 Å². The third-order valence-corrected chi connectivity index (χ3v) is 3.91. The van der Waals surface area contributed by atoms with E-state index < -0.39 is 0 Å². The van der Waals surface area contributed by atoms with E-state index in [0.717, 1.165) is 16.8 Å². The number of aryl methyl sites for hydroxylation is 1. The molecule has 0 aliphatic heterocycles. The Morgan fingerprint density at radius 1 is 1.19 bits per heavy atom. The van der Waals surface area contributed by atoms with E-state index in [0.29, 0.717) is 17.1 Å². The molecular formula is C19H15N5O2. The first-order valence-electron chi connectivity index (χ1n) is 7.97. The number of anilines is 1. The van der Waals surface area contributed by atoms with Crippen LogP contribution in [0.3, 0.4) is 0 Å². The van der Waals surface area contributed by atoms with Gasteiger partial charge in [-0.1, -0.05) is 6.07 Å². The van der Waals surface area contributed by atoms with Crippen molar-refractivity contribution in [1.29, 1.82) is 0 Å². The van der Waals surface area contributed by atoms with Gasteiger partial charge in [-0.05, 0) is 36.8 Å². The number of oxazole rings is 1. The van der Waals surface area contributed by atoms with Crippen molar-refractivity contribution in [2.45, 2.75) is 6.92 Å². The first-order chi connectivity index (χ1) is 12.7. The number of carbonyl (C=O) groups excluding carboxylic acids is 1. The monoisotopic (exact) mass is 345 g/mol. The van der Waals surface area contributed by atoms with Crippen molar-refractivity contribution in [3.05, 3.63) is 78.7 Å². The Bertz CT molecular complexity index is 1040. The van der Waals surface area contributed by atoms with Gasteiger partial charge in [0, 0.05) is 23.6 Å². The zero-order chi connectivity index (χ0) is 17.9. The summed E-state index contributed by atoms with van der Waals surface area (Å²) in [4.78, 5) is 20.7. The Morgan fingerprint density at radius 2 is 2.12 bits per heavy atom. The summed E-state index contributed by atoms with van der Waals surface area (Å²) < 4.78 is 6.96. The molecule has 0 fully saturated rings. The van der Waals surface area contributed by atoms with Crippen LogP contribution in [0.5, 0.6) is 0 Å². The Hall–Kier alpha value is -3.74. The van der Waals surface area contributed by atoms with Crippen LogP contribution >= 0.6 is 0 Å². The summed E-state index contributed by atoms with van der Waals surface area (Å²) in [5.74, 6) is 0.269. The zero-order valence-electron chi connectivity index (χ0n) is 14.0. The number of rotatable bonds is 4. The summed E-state index contributed by atoms with van der Waals surface area (Å²) >= 11 is 0. The molecule has 0 saturated carbocycles. The molecule has 4 rings (SSSR count). The summed E-state index contributed by atoms with van der Waals surface area (Å²) in [6.07, 6.45) is 9.65. The van der Waals surface area contributed by atoms with Gasteiger partial charge in [-0.2, -0.15) is 5.10 Å². The maximum atomic E-state index is 12.5. The highest BCUT2D eigenvalue weighted by Crippen LogP contribution is 2.25. The van der Waals surface area contributed by atoms with Crippen molar-refractivity contribution in [3.8, 4) is 17.1 Å². The summed E-state index contributed by atoms with van der Waals surface area (Å²) in [5, 5.41) is 7.09. The molecule has 0 aliphatic carbocycles. The van der Waals surface area contributed by atoms with Crippen molar-refractivity contribution < 1.29 is 9.21 Å². The standard InChI is InChI=1S/C19H15N5O2/c1-13-4-5-15(9-17(13)19-21-7-8-26-19)23-18(25)14-10-22-24(12-14)16-3-2-6-20-11-16/h2-12H,1H3,(H,23,25). The number of hydrogen-bond acceptors (Lipinski definition) is 5. The lowest BCUT2D eigenvalue weighted by molar-refractivity contribution is 0.102. The van der Waals surface area contributed by atoms with E-state index in [9.17, 15) is 4.79 Å². The third-order valence-electron chi connectivity index (χ3n) is 3.91. The van der Waals surface area contributed by atoms with Gasteiger partial charge in [0.15, 0.2) is 0 Å². The first-order valence-corrected chi connectivity index (χ1v) is 7.97. The molecule has 0 unspecified atom stereocenters. The molecule has 1 aromatic carbocycles. The van der Waals surface area contributed by atoms with Gasteiger partial charge in [0.1, 0.15) is 6.26 Å². The smallest absolute Gasteiger partial charge is 0.258 e. The topological polar surface area (TPSA) is 85.8 Å². The second kappa shape index (κ2) is 6.64. The van der Waals surface area contributed by atoms with Crippen LogP contribution in [0.15, 0.2) is 72.0 Å². The fraction of sp³-hybridized carbons (Fsp3) is 0.0526. The normalized spacial score (nSPS) is 10.7. The third kappa shape index (κ3) is 3.10. The van der Waals surface area contributed by atoms with Crippen molar-refractivity contribution in [1.82, 2.24) is 19.7 Å². The molecule has 0 radical (unpaired) electrons. The minimum atomic E-state index is -0.248. The van der Waals surface area contributed by atoms with Crippen LogP contribution in [-0.4, -0.2) is 25.7 Å². The first kappa shape index (κ1) is 15.8.